The molecule has 0 atom stereocenters. The van der Waals surface area contributed by atoms with E-state index >= 15 is 0 Å². The van der Waals surface area contributed by atoms with Gasteiger partial charge in [-0.05, 0) is 24.3 Å². The highest BCUT2D eigenvalue weighted by Crippen LogP contribution is 2.28. The molecule has 0 bridgehead atoms. The van der Waals surface area contributed by atoms with Gasteiger partial charge in [0.15, 0.2) is 0 Å². The van der Waals surface area contributed by atoms with Crippen molar-refractivity contribution in [2.45, 2.75) is 4.90 Å². The topological polar surface area (TPSA) is 70.5 Å². The maximum Gasteiger partial charge on any atom is 0.242 e. The van der Waals surface area contributed by atoms with Crippen molar-refractivity contribution >= 4 is 10.0 Å². The predicted octanol–water partition coefficient (Wildman–Crippen LogP) is 1.70. The molecule has 1 N–H and O–H groups in total. The Balaban J connectivity index is 2.56. The van der Waals surface area contributed by atoms with Crippen LogP contribution in [0.1, 0.15) is 0 Å². The largest absolute Gasteiger partial charge is 0.506 e. The monoisotopic (exact) mass is 278 g/mol. The number of sulfonamides is 1. The van der Waals surface area contributed by atoms with E-state index in [0.29, 0.717) is 11.3 Å². The number of hydrogen-bond donors (Lipinski definition) is 1. The molecule has 6 heteroatoms. The number of aromatic nitrogens is 1. The van der Waals surface area contributed by atoms with Crippen LogP contribution < -0.4 is 0 Å². The normalized spacial score (nSPS) is 11.7. The maximum absolute atomic E-state index is 12.0. The molecule has 0 radical (unpaired) electrons. The second kappa shape index (κ2) is 4.99. The van der Waals surface area contributed by atoms with Crippen LogP contribution in [-0.2, 0) is 10.0 Å². The number of pyridine rings is 1. The molecule has 2 aromatic rings. The summed E-state index contributed by atoms with van der Waals surface area (Å²) in [4.78, 5) is 4.22. The van der Waals surface area contributed by atoms with Gasteiger partial charge in [0.1, 0.15) is 11.4 Å². The quantitative estimate of drug-likeness (QED) is 0.927. The average molecular weight is 278 g/mol. The summed E-state index contributed by atoms with van der Waals surface area (Å²) in [5.74, 6) is 0.0156. The third-order valence-corrected chi connectivity index (χ3v) is 4.48. The molecule has 1 aromatic heterocycles. The van der Waals surface area contributed by atoms with Gasteiger partial charge in [-0.15, -0.1) is 0 Å². The van der Waals surface area contributed by atoms with E-state index < -0.39 is 10.0 Å². The van der Waals surface area contributed by atoms with Crippen LogP contribution >= 0.6 is 0 Å². The summed E-state index contributed by atoms with van der Waals surface area (Å²) in [6.45, 7) is 0. The molecular weight excluding hydrogens is 264 g/mol. The fourth-order valence-corrected chi connectivity index (χ4v) is 2.58. The van der Waals surface area contributed by atoms with E-state index in [9.17, 15) is 13.5 Å². The van der Waals surface area contributed by atoms with Gasteiger partial charge in [0, 0.05) is 25.9 Å². The van der Waals surface area contributed by atoms with E-state index in [0.717, 1.165) is 4.31 Å². The molecular formula is C13H14N2O3S. The summed E-state index contributed by atoms with van der Waals surface area (Å²) < 4.78 is 25.2. The lowest BCUT2D eigenvalue weighted by Gasteiger charge is -2.12. The Morgan fingerprint density at radius 3 is 2.53 bits per heavy atom. The zero-order valence-electron chi connectivity index (χ0n) is 10.6. The van der Waals surface area contributed by atoms with Crippen molar-refractivity contribution in [2.24, 2.45) is 0 Å². The number of rotatable bonds is 3. The van der Waals surface area contributed by atoms with Crippen LogP contribution in [0.5, 0.6) is 5.75 Å². The summed E-state index contributed by atoms with van der Waals surface area (Å²) in [5.41, 5.74) is 0.916. The van der Waals surface area contributed by atoms with Crippen LogP contribution in [0.15, 0.2) is 47.5 Å². The molecule has 0 saturated carbocycles. The van der Waals surface area contributed by atoms with Crippen molar-refractivity contribution in [1.29, 1.82) is 0 Å². The minimum Gasteiger partial charge on any atom is -0.506 e. The van der Waals surface area contributed by atoms with Gasteiger partial charge in [0.05, 0.1) is 4.90 Å². The molecule has 0 aliphatic carbocycles. The Kier molecular flexibility index (Phi) is 3.55. The lowest BCUT2D eigenvalue weighted by atomic mass is 10.1. The Labute approximate surface area is 112 Å². The Morgan fingerprint density at radius 2 is 1.89 bits per heavy atom. The minimum absolute atomic E-state index is 0.0156. The van der Waals surface area contributed by atoms with Gasteiger partial charge in [-0.3, -0.25) is 4.98 Å². The zero-order chi connectivity index (χ0) is 14.0. The summed E-state index contributed by atoms with van der Waals surface area (Å²) in [6.07, 6.45) is 1.54. The molecule has 1 aromatic carbocycles. The molecule has 0 fully saturated rings. The van der Waals surface area contributed by atoms with Crippen LogP contribution in [0.4, 0.5) is 0 Å². The number of aromatic hydroxyl groups is 1. The van der Waals surface area contributed by atoms with E-state index in [1.165, 1.54) is 32.3 Å². The Morgan fingerprint density at radius 1 is 1.16 bits per heavy atom. The molecule has 0 aliphatic heterocycles. The second-order valence-corrected chi connectivity index (χ2v) is 6.34. The first-order chi connectivity index (χ1) is 8.93. The van der Waals surface area contributed by atoms with E-state index in [1.54, 1.807) is 24.4 Å². The van der Waals surface area contributed by atoms with E-state index in [1.807, 2.05) is 0 Å². The van der Waals surface area contributed by atoms with Crippen molar-refractivity contribution < 1.29 is 13.5 Å². The van der Waals surface area contributed by atoms with Gasteiger partial charge in [0.25, 0.3) is 0 Å². The third-order valence-electron chi connectivity index (χ3n) is 2.67. The molecule has 19 heavy (non-hydrogen) atoms. The van der Waals surface area contributed by atoms with Crippen LogP contribution in [0, 0.1) is 0 Å². The molecule has 0 spiro atoms. The van der Waals surface area contributed by atoms with Gasteiger partial charge >= 0.3 is 0 Å². The molecule has 0 amide bonds. The van der Waals surface area contributed by atoms with Gasteiger partial charge in [-0.25, -0.2) is 12.7 Å². The minimum atomic E-state index is -3.50. The molecule has 0 aliphatic rings. The summed E-state index contributed by atoms with van der Waals surface area (Å²) >= 11 is 0. The number of benzene rings is 1. The second-order valence-electron chi connectivity index (χ2n) is 4.19. The van der Waals surface area contributed by atoms with Crippen molar-refractivity contribution in [3.8, 4) is 17.0 Å². The molecule has 100 valence electrons. The van der Waals surface area contributed by atoms with Gasteiger partial charge < -0.3 is 5.11 Å². The molecule has 0 unspecified atom stereocenters. The van der Waals surface area contributed by atoms with E-state index in [2.05, 4.69) is 4.98 Å². The SMILES string of the molecule is CN(C)S(=O)(=O)c1cccc(-c2ncccc2O)c1. The molecule has 5 nitrogen and oxygen atoms in total. The predicted molar refractivity (Wildman–Crippen MR) is 72.2 cm³/mol. The fraction of sp³-hybridized carbons (Fsp3) is 0.154. The first-order valence-corrected chi connectivity index (χ1v) is 7.04. The number of hydrogen-bond acceptors (Lipinski definition) is 4. The third kappa shape index (κ3) is 2.59. The fourth-order valence-electron chi connectivity index (χ4n) is 1.63. The summed E-state index contributed by atoms with van der Waals surface area (Å²) in [5, 5.41) is 9.74. The van der Waals surface area contributed by atoms with Crippen molar-refractivity contribution in [3.63, 3.8) is 0 Å². The maximum atomic E-state index is 12.0. The van der Waals surface area contributed by atoms with Crippen molar-refractivity contribution in [3.05, 3.63) is 42.6 Å². The molecule has 1 heterocycles. The van der Waals surface area contributed by atoms with Gasteiger partial charge in [0.2, 0.25) is 10.0 Å². The Bertz CT molecular complexity index is 697. The zero-order valence-corrected chi connectivity index (χ0v) is 11.4. The first kappa shape index (κ1) is 13.5. The lowest BCUT2D eigenvalue weighted by molar-refractivity contribution is 0.475. The highest BCUT2D eigenvalue weighted by Gasteiger charge is 2.18. The number of nitrogens with zero attached hydrogens (tertiary/aromatic N) is 2. The van der Waals surface area contributed by atoms with Gasteiger partial charge in [-0.2, -0.15) is 0 Å². The summed E-state index contributed by atoms with van der Waals surface area (Å²) in [6, 6.07) is 9.46. The molecule has 2 rings (SSSR count). The lowest BCUT2D eigenvalue weighted by Crippen LogP contribution is -2.22. The average Bonchev–Trinajstić information content (AvgIpc) is 2.39. The van der Waals surface area contributed by atoms with Crippen LogP contribution in [-0.4, -0.2) is 36.9 Å². The highest BCUT2D eigenvalue weighted by atomic mass is 32.2. The van der Waals surface area contributed by atoms with E-state index in [-0.39, 0.29) is 10.6 Å². The Hall–Kier alpha value is -1.92. The van der Waals surface area contributed by atoms with Crippen LogP contribution in [0.3, 0.4) is 0 Å². The first-order valence-electron chi connectivity index (χ1n) is 5.60. The van der Waals surface area contributed by atoms with E-state index in [4.69, 9.17) is 0 Å². The van der Waals surface area contributed by atoms with Crippen molar-refractivity contribution in [2.75, 3.05) is 14.1 Å². The van der Waals surface area contributed by atoms with Crippen molar-refractivity contribution in [1.82, 2.24) is 9.29 Å². The molecule has 0 saturated heterocycles. The van der Waals surface area contributed by atoms with Gasteiger partial charge in [-0.1, -0.05) is 12.1 Å². The van der Waals surface area contributed by atoms with Crippen LogP contribution in [0.2, 0.25) is 0 Å². The highest BCUT2D eigenvalue weighted by molar-refractivity contribution is 7.89. The summed E-state index contributed by atoms with van der Waals surface area (Å²) in [7, 11) is -0.551. The van der Waals surface area contributed by atoms with Crippen LogP contribution in [0.25, 0.3) is 11.3 Å². The standard InChI is InChI=1S/C13H14N2O3S/c1-15(2)19(17,18)11-6-3-5-10(9-11)13-12(16)7-4-8-14-13/h3-9,16H,1-2H3. The smallest absolute Gasteiger partial charge is 0.242 e.